The zero-order valence-corrected chi connectivity index (χ0v) is 15.6. The van der Waals surface area contributed by atoms with Gasteiger partial charge in [0.15, 0.2) is 11.2 Å². The van der Waals surface area contributed by atoms with Crippen LogP contribution in [0.4, 0.5) is 22.0 Å². The van der Waals surface area contributed by atoms with Crippen LogP contribution in [0.2, 0.25) is 0 Å². The maximum atomic E-state index is 14.8. The molecule has 0 spiro atoms. The molecule has 2 atom stereocenters. The summed E-state index contributed by atoms with van der Waals surface area (Å²) < 4.78 is 75.7. The molecule has 0 aliphatic carbocycles. The number of nitrogens with zero attached hydrogens (tertiary/aromatic N) is 2. The molecule has 0 bridgehead atoms. The maximum absolute atomic E-state index is 14.8. The van der Waals surface area contributed by atoms with Gasteiger partial charge in [0.25, 0.3) is 11.8 Å². The Morgan fingerprint density at radius 1 is 1.28 bits per heavy atom. The Morgan fingerprint density at radius 2 is 1.97 bits per heavy atom. The lowest BCUT2D eigenvalue weighted by atomic mass is 9.77. The first-order valence-corrected chi connectivity index (χ1v) is 8.64. The molecule has 156 valence electrons. The second-order valence-corrected chi connectivity index (χ2v) is 7.34. The molecule has 10 heteroatoms. The van der Waals surface area contributed by atoms with Crippen molar-refractivity contribution in [1.82, 2.24) is 4.98 Å². The molecule has 1 aromatic carbocycles. The Kier molecular flexibility index (Phi) is 5.00. The van der Waals surface area contributed by atoms with Crippen molar-refractivity contribution >= 4 is 11.6 Å². The molecular formula is C19H18F5N3O2. The number of amidine groups is 1. The Morgan fingerprint density at radius 3 is 2.59 bits per heavy atom. The van der Waals surface area contributed by atoms with Crippen LogP contribution in [0.3, 0.4) is 0 Å². The Hall–Kier alpha value is -2.78. The molecule has 0 saturated heterocycles. The second-order valence-electron chi connectivity index (χ2n) is 7.34. The van der Waals surface area contributed by atoms with Gasteiger partial charge in [0.05, 0.1) is 6.42 Å². The molecule has 29 heavy (non-hydrogen) atoms. The summed E-state index contributed by atoms with van der Waals surface area (Å²) in [6.45, 7) is 0.922. The molecular weight excluding hydrogens is 397 g/mol. The summed E-state index contributed by atoms with van der Waals surface area (Å²) in [4.78, 5) is 19.5. The number of oxazole rings is 1. The number of nitrogens with two attached hydrogens (primary N) is 1. The number of hydrogen-bond acceptors (Lipinski definition) is 5. The highest BCUT2D eigenvalue weighted by molar-refractivity contribution is 5.93. The van der Waals surface area contributed by atoms with Gasteiger partial charge in [-0.15, -0.1) is 0 Å². The molecule has 2 heterocycles. The van der Waals surface area contributed by atoms with Crippen molar-refractivity contribution in [3.8, 4) is 0 Å². The van der Waals surface area contributed by atoms with Crippen LogP contribution >= 0.6 is 0 Å². The molecule has 0 fully saturated rings. The lowest BCUT2D eigenvalue weighted by Crippen LogP contribution is -2.56. The lowest BCUT2D eigenvalue weighted by Gasteiger charge is -2.42. The zero-order chi connectivity index (χ0) is 21.6. The predicted octanol–water partition coefficient (Wildman–Crippen LogP) is 4.05. The highest BCUT2D eigenvalue weighted by atomic mass is 19.3. The van der Waals surface area contributed by atoms with E-state index < -0.39 is 53.2 Å². The number of benzene rings is 1. The smallest absolute Gasteiger partial charge is 0.280 e. The van der Waals surface area contributed by atoms with E-state index in [0.29, 0.717) is 0 Å². The van der Waals surface area contributed by atoms with Crippen molar-refractivity contribution in [1.29, 1.82) is 0 Å². The molecule has 0 radical (unpaired) electrons. The molecule has 1 aliphatic rings. The molecule has 0 unspecified atom stereocenters. The summed E-state index contributed by atoms with van der Waals surface area (Å²) in [5, 5.41) is 0. The minimum Gasteiger partial charge on any atom is -0.442 e. The third-order valence-corrected chi connectivity index (χ3v) is 4.99. The molecule has 3 rings (SSSR count). The van der Waals surface area contributed by atoms with E-state index in [2.05, 4.69) is 9.98 Å². The molecule has 1 aromatic heterocycles. The number of aliphatic imine (C=N–C) groups is 1. The van der Waals surface area contributed by atoms with Gasteiger partial charge in [-0.2, -0.15) is 0 Å². The van der Waals surface area contributed by atoms with E-state index in [1.54, 1.807) is 0 Å². The van der Waals surface area contributed by atoms with Crippen molar-refractivity contribution in [2.24, 2.45) is 10.7 Å². The average Bonchev–Trinajstić information content (AvgIpc) is 3.10. The van der Waals surface area contributed by atoms with E-state index in [9.17, 15) is 26.7 Å². The number of halogens is 5. The third kappa shape index (κ3) is 3.63. The van der Waals surface area contributed by atoms with Gasteiger partial charge in [0, 0.05) is 12.0 Å². The Balaban J connectivity index is 1.99. The average molecular weight is 415 g/mol. The van der Waals surface area contributed by atoms with Crippen LogP contribution in [0.25, 0.3) is 0 Å². The fraction of sp³-hybridized carbons (Fsp3) is 0.421. The SMILES string of the molecule is C[C@]1(F)CC(F)(F)[C@@](C)(c2cc(CC(=O)c3nc(CF)co3)ccc2F)N=C1N. The van der Waals surface area contributed by atoms with Crippen LogP contribution < -0.4 is 5.73 Å². The number of aromatic nitrogens is 1. The molecule has 5 nitrogen and oxygen atoms in total. The normalized spacial score (nSPS) is 26.2. The van der Waals surface area contributed by atoms with Crippen LogP contribution in [0, 0.1) is 5.82 Å². The number of hydrogen-bond donors (Lipinski definition) is 1. The second kappa shape index (κ2) is 6.93. The predicted molar refractivity (Wildman–Crippen MR) is 93.8 cm³/mol. The van der Waals surface area contributed by atoms with Gasteiger partial charge in [-0.25, -0.2) is 26.9 Å². The first-order valence-electron chi connectivity index (χ1n) is 8.64. The standard InChI is InChI=1S/C19H18F5N3O2/c1-17(22)9-19(23,24)18(2,27-16(17)25)12-5-10(3-4-13(12)21)6-14(28)15-26-11(7-20)8-29-15/h3-5,8H,6-7,9H2,1-2H3,(H2,25,27)/t17-,18+/m0/s1. The largest absolute Gasteiger partial charge is 0.442 e. The first kappa shape index (κ1) is 20.9. The van der Waals surface area contributed by atoms with Gasteiger partial charge < -0.3 is 10.2 Å². The van der Waals surface area contributed by atoms with Crippen LogP contribution in [0.15, 0.2) is 33.9 Å². The number of ketones is 1. The van der Waals surface area contributed by atoms with Gasteiger partial charge in [0.2, 0.25) is 5.78 Å². The summed E-state index contributed by atoms with van der Waals surface area (Å²) in [5.41, 5.74) is 0.102. The molecule has 0 amide bonds. The van der Waals surface area contributed by atoms with Gasteiger partial charge >= 0.3 is 0 Å². The fourth-order valence-electron chi connectivity index (χ4n) is 3.19. The Labute approximate surface area is 162 Å². The summed E-state index contributed by atoms with van der Waals surface area (Å²) in [7, 11) is 0. The van der Waals surface area contributed by atoms with Crippen molar-refractivity contribution < 1.29 is 31.2 Å². The van der Waals surface area contributed by atoms with Crippen molar-refractivity contribution in [2.75, 3.05) is 0 Å². The molecule has 2 aromatic rings. The quantitative estimate of drug-likeness (QED) is 0.590. The minimum absolute atomic E-state index is 0.0680. The Bertz CT molecular complexity index is 986. The van der Waals surface area contributed by atoms with Crippen LogP contribution in [0.5, 0.6) is 0 Å². The zero-order valence-electron chi connectivity index (χ0n) is 15.6. The minimum atomic E-state index is -3.75. The summed E-state index contributed by atoms with van der Waals surface area (Å²) in [6.07, 6.45) is -0.643. The molecule has 0 saturated carbocycles. The fourth-order valence-corrected chi connectivity index (χ4v) is 3.19. The molecule has 2 N–H and O–H groups in total. The summed E-state index contributed by atoms with van der Waals surface area (Å²) in [5.74, 6) is -6.42. The van der Waals surface area contributed by atoms with Gasteiger partial charge in [-0.1, -0.05) is 6.07 Å². The molecule has 1 aliphatic heterocycles. The van der Waals surface area contributed by atoms with Crippen molar-refractivity contribution in [3.63, 3.8) is 0 Å². The van der Waals surface area contributed by atoms with E-state index in [0.717, 1.165) is 32.2 Å². The summed E-state index contributed by atoms with van der Waals surface area (Å²) in [6, 6.07) is 3.20. The maximum Gasteiger partial charge on any atom is 0.280 e. The first-order chi connectivity index (χ1) is 13.4. The van der Waals surface area contributed by atoms with Gasteiger partial charge in [0.1, 0.15) is 30.3 Å². The number of rotatable bonds is 5. The van der Waals surface area contributed by atoms with Crippen LogP contribution in [-0.2, 0) is 18.6 Å². The van der Waals surface area contributed by atoms with Gasteiger partial charge in [-0.3, -0.25) is 9.79 Å². The van der Waals surface area contributed by atoms with Gasteiger partial charge in [-0.05, 0) is 31.5 Å². The topological polar surface area (TPSA) is 81.5 Å². The van der Waals surface area contributed by atoms with Crippen molar-refractivity contribution in [2.45, 2.75) is 50.5 Å². The van der Waals surface area contributed by atoms with Crippen LogP contribution in [0.1, 0.15) is 47.8 Å². The third-order valence-electron chi connectivity index (χ3n) is 4.99. The monoisotopic (exact) mass is 415 g/mol. The van der Waals surface area contributed by atoms with E-state index >= 15 is 0 Å². The number of alkyl halides is 4. The van der Waals surface area contributed by atoms with E-state index in [1.165, 1.54) is 6.07 Å². The lowest BCUT2D eigenvalue weighted by molar-refractivity contribution is -0.106. The van der Waals surface area contributed by atoms with E-state index in [4.69, 9.17) is 10.2 Å². The summed E-state index contributed by atoms with van der Waals surface area (Å²) >= 11 is 0. The van der Waals surface area contributed by atoms with E-state index in [1.807, 2.05) is 0 Å². The highest BCUT2D eigenvalue weighted by Gasteiger charge is 2.60. The van der Waals surface area contributed by atoms with Crippen molar-refractivity contribution in [3.05, 3.63) is 53.0 Å². The number of carbonyl (C=O) groups is 1. The highest BCUT2D eigenvalue weighted by Crippen LogP contribution is 2.50. The van der Waals surface area contributed by atoms with Crippen LogP contribution in [-0.4, -0.2) is 28.2 Å². The number of Topliss-reactive ketones (excluding diaryl/α,β-unsaturated/α-hetero) is 1. The van der Waals surface area contributed by atoms with E-state index in [-0.39, 0.29) is 23.6 Å². The number of carbonyl (C=O) groups excluding carboxylic acids is 1.